The topological polar surface area (TPSA) is 63.4 Å². The van der Waals surface area contributed by atoms with Crippen molar-refractivity contribution in [3.05, 3.63) is 12.3 Å². The third kappa shape index (κ3) is 5.55. The molecule has 0 aromatic rings. The SMILES string of the molecule is C=C(CCCC)N1CCC(S(N)(=O)=O)C1.CC. The van der Waals surface area contributed by atoms with Crippen LogP contribution in [-0.2, 0) is 10.0 Å². The fourth-order valence-electron chi connectivity index (χ4n) is 1.82. The van der Waals surface area contributed by atoms with Gasteiger partial charge in [0, 0.05) is 18.8 Å². The number of unbranched alkanes of at least 4 members (excludes halogenated alkanes) is 1. The van der Waals surface area contributed by atoms with Gasteiger partial charge in [0.05, 0.1) is 5.25 Å². The number of allylic oxidation sites excluding steroid dienone is 1. The van der Waals surface area contributed by atoms with E-state index in [9.17, 15) is 8.42 Å². The van der Waals surface area contributed by atoms with Crippen molar-refractivity contribution in [3.8, 4) is 0 Å². The summed E-state index contributed by atoms with van der Waals surface area (Å²) in [6.07, 6.45) is 3.82. The Balaban J connectivity index is 0.00000121. The largest absolute Gasteiger partial charge is 0.374 e. The molecule has 0 radical (unpaired) electrons. The van der Waals surface area contributed by atoms with Gasteiger partial charge >= 0.3 is 0 Å². The molecule has 1 aliphatic heterocycles. The first-order chi connectivity index (χ1) is 7.95. The summed E-state index contributed by atoms with van der Waals surface area (Å²) >= 11 is 0. The van der Waals surface area contributed by atoms with E-state index in [0.717, 1.165) is 31.5 Å². The summed E-state index contributed by atoms with van der Waals surface area (Å²) in [6.45, 7) is 11.4. The average Bonchev–Trinajstić information content (AvgIpc) is 2.77. The first-order valence-corrected chi connectivity index (χ1v) is 8.00. The third-order valence-electron chi connectivity index (χ3n) is 2.88. The number of hydrogen-bond donors (Lipinski definition) is 1. The smallest absolute Gasteiger partial charge is 0.213 e. The second-order valence-electron chi connectivity index (χ2n) is 4.12. The highest BCUT2D eigenvalue weighted by Gasteiger charge is 2.30. The summed E-state index contributed by atoms with van der Waals surface area (Å²) < 4.78 is 22.3. The van der Waals surface area contributed by atoms with E-state index in [0.29, 0.717) is 13.0 Å². The van der Waals surface area contributed by atoms with Gasteiger partial charge in [0.25, 0.3) is 0 Å². The van der Waals surface area contributed by atoms with Crippen molar-refractivity contribution in [1.29, 1.82) is 0 Å². The van der Waals surface area contributed by atoms with Crippen LogP contribution in [-0.4, -0.2) is 31.7 Å². The zero-order valence-electron chi connectivity index (χ0n) is 11.3. The van der Waals surface area contributed by atoms with Gasteiger partial charge in [-0.3, -0.25) is 0 Å². The Hall–Kier alpha value is -0.550. The highest BCUT2D eigenvalue weighted by atomic mass is 32.2. The lowest BCUT2D eigenvalue weighted by Crippen LogP contribution is -2.31. The third-order valence-corrected chi connectivity index (χ3v) is 4.19. The Kier molecular flexibility index (Phi) is 7.46. The first kappa shape index (κ1) is 16.4. The molecule has 1 rings (SSSR count). The van der Waals surface area contributed by atoms with Gasteiger partial charge in [0.1, 0.15) is 0 Å². The van der Waals surface area contributed by atoms with Crippen LogP contribution < -0.4 is 5.14 Å². The van der Waals surface area contributed by atoms with Crippen molar-refractivity contribution >= 4 is 10.0 Å². The summed E-state index contributed by atoms with van der Waals surface area (Å²) in [5.74, 6) is 0. The summed E-state index contributed by atoms with van der Waals surface area (Å²) in [5.41, 5.74) is 1.04. The molecule has 0 saturated carbocycles. The van der Waals surface area contributed by atoms with Crippen LogP contribution in [0, 0.1) is 0 Å². The van der Waals surface area contributed by atoms with Crippen LogP contribution in [0.5, 0.6) is 0 Å². The number of rotatable bonds is 5. The van der Waals surface area contributed by atoms with Crippen LogP contribution in [0.1, 0.15) is 46.5 Å². The minimum atomic E-state index is -3.37. The summed E-state index contributed by atoms with van der Waals surface area (Å²) in [4.78, 5) is 2.05. The molecule has 0 bridgehead atoms. The average molecular weight is 262 g/mol. The Labute approximate surface area is 106 Å². The Morgan fingerprint density at radius 1 is 1.47 bits per heavy atom. The molecule has 5 heteroatoms. The molecule has 0 amide bonds. The molecule has 0 aromatic heterocycles. The Morgan fingerprint density at radius 2 is 2.06 bits per heavy atom. The highest BCUT2D eigenvalue weighted by molar-refractivity contribution is 7.89. The van der Waals surface area contributed by atoms with Crippen molar-refractivity contribution in [3.63, 3.8) is 0 Å². The van der Waals surface area contributed by atoms with Crippen molar-refractivity contribution in [2.45, 2.75) is 51.7 Å². The molecule has 1 unspecified atom stereocenters. The maximum Gasteiger partial charge on any atom is 0.213 e. The minimum Gasteiger partial charge on any atom is -0.374 e. The molecule has 102 valence electrons. The van der Waals surface area contributed by atoms with Crippen molar-refractivity contribution in [2.24, 2.45) is 5.14 Å². The van der Waals surface area contributed by atoms with Gasteiger partial charge in [-0.25, -0.2) is 13.6 Å². The van der Waals surface area contributed by atoms with Gasteiger partial charge in [0.2, 0.25) is 10.0 Å². The standard InChI is InChI=1S/C10H20N2O2S.C2H6/c1-3-4-5-9(2)12-7-6-10(8-12)15(11,13)14;1-2/h10H,2-8H2,1H3,(H2,11,13,14);1-2H3. The molecule has 2 N–H and O–H groups in total. The number of primary sulfonamides is 1. The predicted molar refractivity (Wildman–Crippen MR) is 73.1 cm³/mol. The first-order valence-electron chi connectivity index (χ1n) is 6.39. The molecular weight excluding hydrogens is 236 g/mol. The zero-order valence-corrected chi connectivity index (χ0v) is 12.1. The second kappa shape index (κ2) is 7.71. The summed E-state index contributed by atoms with van der Waals surface area (Å²) in [5, 5.41) is 4.71. The quantitative estimate of drug-likeness (QED) is 0.825. The van der Waals surface area contributed by atoms with E-state index >= 15 is 0 Å². The van der Waals surface area contributed by atoms with E-state index in [-0.39, 0.29) is 0 Å². The van der Waals surface area contributed by atoms with Crippen molar-refractivity contribution in [1.82, 2.24) is 4.90 Å². The Morgan fingerprint density at radius 3 is 2.47 bits per heavy atom. The van der Waals surface area contributed by atoms with Crippen LogP contribution in [0.2, 0.25) is 0 Å². The number of sulfonamides is 1. The van der Waals surface area contributed by atoms with Crippen LogP contribution in [0.25, 0.3) is 0 Å². The molecule has 0 aliphatic carbocycles. The van der Waals surface area contributed by atoms with Gasteiger partial charge in [-0.15, -0.1) is 0 Å². The van der Waals surface area contributed by atoms with Crippen LogP contribution in [0.4, 0.5) is 0 Å². The molecule has 0 aromatic carbocycles. The summed E-state index contributed by atoms with van der Waals surface area (Å²) in [6, 6.07) is 0. The normalized spacial score (nSPS) is 19.8. The fourth-order valence-corrected chi connectivity index (χ4v) is 2.64. The van der Waals surface area contributed by atoms with E-state index in [2.05, 4.69) is 13.5 Å². The molecule has 1 heterocycles. The lowest BCUT2D eigenvalue weighted by molar-refractivity contribution is 0.406. The number of likely N-dealkylation sites (tertiary alicyclic amines) is 1. The monoisotopic (exact) mass is 262 g/mol. The zero-order chi connectivity index (χ0) is 13.5. The van der Waals surface area contributed by atoms with Crippen LogP contribution in [0.3, 0.4) is 0 Å². The minimum absolute atomic E-state index is 0.407. The van der Waals surface area contributed by atoms with Crippen LogP contribution in [0.15, 0.2) is 12.3 Å². The molecule has 1 aliphatic rings. The van der Waals surface area contributed by atoms with E-state index in [4.69, 9.17) is 5.14 Å². The molecule has 17 heavy (non-hydrogen) atoms. The fraction of sp³-hybridized carbons (Fsp3) is 0.833. The lowest BCUT2D eigenvalue weighted by Gasteiger charge is -2.20. The lowest BCUT2D eigenvalue weighted by atomic mass is 10.2. The van der Waals surface area contributed by atoms with Gasteiger partial charge in [-0.05, 0) is 19.3 Å². The van der Waals surface area contributed by atoms with E-state index in [1.54, 1.807) is 0 Å². The van der Waals surface area contributed by atoms with Crippen LogP contribution >= 0.6 is 0 Å². The van der Waals surface area contributed by atoms with Gasteiger partial charge in [0.15, 0.2) is 0 Å². The molecule has 1 fully saturated rings. The number of hydrogen-bond acceptors (Lipinski definition) is 3. The van der Waals surface area contributed by atoms with E-state index in [1.165, 1.54) is 0 Å². The molecule has 1 saturated heterocycles. The molecular formula is C12H26N2O2S. The van der Waals surface area contributed by atoms with E-state index < -0.39 is 15.3 Å². The Bertz CT molecular complexity index is 325. The summed E-state index contributed by atoms with van der Waals surface area (Å²) in [7, 11) is -3.37. The van der Waals surface area contributed by atoms with Gasteiger partial charge < -0.3 is 4.90 Å². The maximum absolute atomic E-state index is 11.1. The van der Waals surface area contributed by atoms with Crippen molar-refractivity contribution in [2.75, 3.05) is 13.1 Å². The van der Waals surface area contributed by atoms with Crippen molar-refractivity contribution < 1.29 is 8.42 Å². The van der Waals surface area contributed by atoms with Gasteiger partial charge in [-0.2, -0.15) is 0 Å². The van der Waals surface area contributed by atoms with Gasteiger partial charge in [-0.1, -0.05) is 33.8 Å². The second-order valence-corrected chi connectivity index (χ2v) is 5.96. The predicted octanol–water partition coefficient (Wildman–Crippen LogP) is 2.08. The molecule has 0 spiro atoms. The molecule has 1 atom stereocenters. The maximum atomic E-state index is 11.1. The number of nitrogens with zero attached hydrogens (tertiary/aromatic N) is 1. The van der Waals surface area contributed by atoms with E-state index in [1.807, 2.05) is 18.7 Å². The molecule has 4 nitrogen and oxygen atoms in total. The highest BCUT2D eigenvalue weighted by Crippen LogP contribution is 2.21. The number of nitrogens with two attached hydrogens (primary N) is 1.